The van der Waals surface area contributed by atoms with Crippen LogP contribution < -0.4 is 5.32 Å². The van der Waals surface area contributed by atoms with Gasteiger partial charge in [0.2, 0.25) is 0 Å². The first kappa shape index (κ1) is 6.99. The highest BCUT2D eigenvalue weighted by Gasteiger charge is 2.25. The lowest BCUT2D eigenvalue weighted by Crippen LogP contribution is -2.33. The molecule has 1 N–H and O–H groups in total. The molecule has 0 aromatic rings. The maximum atomic E-state index is 5.19. The Balaban J connectivity index is 2.32. The summed E-state index contributed by atoms with van der Waals surface area (Å²) in [7, 11) is 6.80. The Kier molecular flexibility index (Phi) is 2.45. The average molecular weight is 129 g/mol. The second-order valence-electron chi connectivity index (χ2n) is 2.04. The minimum atomic E-state index is -0.157. The number of methoxy groups -OCH3 is 1. The molecule has 3 heteroatoms. The Morgan fingerprint density at radius 1 is 1.78 bits per heavy atom. The van der Waals surface area contributed by atoms with E-state index in [0.717, 1.165) is 13.0 Å². The lowest BCUT2D eigenvalue weighted by atomic mass is 10.2. The summed E-state index contributed by atoms with van der Waals surface area (Å²) in [6, 6.07) is 0.162. The minimum absolute atomic E-state index is 0.157. The second-order valence-corrected chi connectivity index (χ2v) is 2.04. The molecule has 1 unspecified atom stereocenters. The molecular weight excluding hydrogens is 118 g/mol. The van der Waals surface area contributed by atoms with Gasteiger partial charge in [-0.05, 0) is 6.42 Å². The van der Waals surface area contributed by atoms with Crippen molar-refractivity contribution in [3.8, 4) is 0 Å². The van der Waals surface area contributed by atoms with Crippen LogP contribution in [0.4, 0.5) is 0 Å². The van der Waals surface area contributed by atoms with Gasteiger partial charge < -0.3 is 14.8 Å². The van der Waals surface area contributed by atoms with E-state index in [-0.39, 0.29) is 12.3 Å². The fraction of sp³-hybridized carbons (Fsp3) is 0.833. The van der Waals surface area contributed by atoms with Crippen LogP contribution in [0, 0.1) is 7.05 Å². The molecule has 0 spiro atoms. The molecule has 52 valence electrons. The Labute approximate surface area is 55.3 Å². The number of nitrogens with one attached hydrogen (secondary N) is 1. The standard InChI is InChI=1S/C6H11NO2/c1-7-5-3-4-9-6(5)8-2/h1,5-7H,3-4H2,2H3/t5-,6?/m0/s1. The fourth-order valence-corrected chi connectivity index (χ4v) is 0.958. The highest BCUT2D eigenvalue weighted by atomic mass is 16.7. The van der Waals surface area contributed by atoms with Crippen LogP contribution in [-0.4, -0.2) is 26.0 Å². The molecule has 0 aromatic carbocycles. The third kappa shape index (κ3) is 1.41. The molecule has 2 radical (unpaired) electrons. The van der Waals surface area contributed by atoms with Crippen molar-refractivity contribution in [3.63, 3.8) is 0 Å². The molecule has 1 aliphatic heterocycles. The maximum absolute atomic E-state index is 5.19. The fourth-order valence-electron chi connectivity index (χ4n) is 0.958. The topological polar surface area (TPSA) is 30.5 Å². The van der Waals surface area contributed by atoms with E-state index < -0.39 is 0 Å². The molecule has 0 bridgehead atoms. The van der Waals surface area contributed by atoms with Gasteiger partial charge in [-0.25, -0.2) is 0 Å². The summed E-state index contributed by atoms with van der Waals surface area (Å²) in [4.78, 5) is 0. The van der Waals surface area contributed by atoms with Crippen molar-refractivity contribution in [1.29, 1.82) is 0 Å². The van der Waals surface area contributed by atoms with E-state index in [4.69, 9.17) is 16.5 Å². The first-order valence-corrected chi connectivity index (χ1v) is 2.99. The smallest absolute Gasteiger partial charge is 0.172 e. The molecule has 1 aliphatic rings. The molecule has 2 atom stereocenters. The number of hydrogen-bond acceptors (Lipinski definition) is 3. The minimum Gasteiger partial charge on any atom is -0.354 e. The molecule has 0 aromatic heterocycles. The van der Waals surface area contributed by atoms with Crippen molar-refractivity contribution in [1.82, 2.24) is 5.32 Å². The van der Waals surface area contributed by atoms with Crippen molar-refractivity contribution in [2.24, 2.45) is 0 Å². The zero-order valence-corrected chi connectivity index (χ0v) is 5.46. The first-order valence-electron chi connectivity index (χ1n) is 2.99. The predicted octanol–water partition coefficient (Wildman–Crippen LogP) is 0.00599. The summed E-state index contributed by atoms with van der Waals surface area (Å²) in [5.74, 6) is 0. The van der Waals surface area contributed by atoms with Gasteiger partial charge >= 0.3 is 0 Å². The molecule has 1 heterocycles. The third-order valence-corrected chi connectivity index (χ3v) is 1.49. The van der Waals surface area contributed by atoms with Gasteiger partial charge in [-0.2, -0.15) is 0 Å². The van der Waals surface area contributed by atoms with Crippen LogP contribution in [0.15, 0.2) is 0 Å². The molecule has 1 saturated heterocycles. The van der Waals surface area contributed by atoms with Crippen molar-refractivity contribution < 1.29 is 9.47 Å². The van der Waals surface area contributed by atoms with Gasteiger partial charge in [0.05, 0.1) is 12.6 Å². The van der Waals surface area contributed by atoms with E-state index in [1.54, 1.807) is 7.11 Å². The summed E-state index contributed by atoms with van der Waals surface area (Å²) in [5.41, 5.74) is 0. The number of hydrogen-bond donors (Lipinski definition) is 1. The van der Waals surface area contributed by atoms with Crippen LogP contribution in [0.25, 0.3) is 0 Å². The molecule has 1 rings (SSSR count). The summed E-state index contributed by atoms with van der Waals surface area (Å²) in [6.45, 7) is 0.730. The summed E-state index contributed by atoms with van der Waals surface area (Å²) < 4.78 is 10.1. The van der Waals surface area contributed by atoms with Crippen LogP contribution in [-0.2, 0) is 9.47 Å². The zero-order chi connectivity index (χ0) is 6.69. The van der Waals surface area contributed by atoms with E-state index in [0.29, 0.717) is 0 Å². The number of ether oxygens (including phenoxy) is 2. The quantitative estimate of drug-likeness (QED) is 0.532. The van der Waals surface area contributed by atoms with Crippen LogP contribution in [0.3, 0.4) is 0 Å². The Hall–Kier alpha value is -0.120. The van der Waals surface area contributed by atoms with Crippen LogP contribution in [0.1, 0.15) is 6.42 Å². The van der Waals surface area contributed by atoms with Gasteiger partial charge in [-0.3, -0.25) is 0 Å². The summed E-state index contributed by atoms with van der Waals surface area (Å²) in [6.07, 6.45) is 0.768. The molecular formula is C6H11NO2. The Morgan fingerprint density at radius 2 is 2.56 bits per heavy atom. The van der Waals surface area contributed by atoms with E-state index in [9.17, 15) is 0 Å². The monoisotopic (exact) mass is 129 g/mol. The lowest BCUT2D eigenvalue weighted by molar-refractivity contribution is -0.0982. The molecule has 1 fully saturated rings. The van der Waals surface area contributed by atoms with Crippen LogP contribution in [0.2, 0.25) is 0 Å². The van der Waals surface area contributed by atoms with Gasteiger partial charge in [0.1, 0.15) is 0 Å². The molecule has 0 aliphatic carbocycles. The van der Waals surface area contributed by atoms with Crippen LogP contribution >= 0.6 is 0 Å². The molecule has 0 amide bonds. The Bertz CT molecular complexity index is 77.1. The van der Waals surface area contributed by atoms with Crippen molar-refractivity contribution in [3.05, 3.63) is 7.05 Å². The van der Waals surface area contributed by atoms with E-state index >= 15 is 0 Å². The largest absolute Gasteiger partial charge is 0.354 e. The van der Waals surface area contributed by atoms with Gasteiger partial charge in [0.25, 0.3) is 0 Å². The molecule has 3 nitrogen and oxygen atoms in total. The zero-order valence-electron chi connectivity index (χ0n) is 5.46. The van der Waals surface area contributed by atoms with Gasteiger partial charge in [-0.15, -0.1) is 0 Å². The van der Waals surface area contributed by atoms with E-state index in [1.807, 2.05) is 0 Å². The molecule has 9 heavy (non-hydrogen) atoms. The Morgan fingerprint density at radius 3 is 3.00 bits per heavy atom. The van der Waals surface area contributed by atoms with Gasteiger partial charge in [0, 0.05) is 14.2 Å². The summed E-state index contributed by atoms with van der Waals surface area (Å²) in [5, 5.41) is 2.61. The predicted molar refractivity (Wildman–Crippen MR) is 32.6 cm³/mol. The van der Waals surface area contributed by atoms with E-state index in [2.05, 4.69) is 5.32 Å². The third-order valence-electron chi connectivity index (χ3n) is 1.49. The van der Waals surface area contributed by atoms with Gasteiger partial charge in [0.15, 0.2) is 6.29 Å². The SMILES string of the molecule is [CH]N[C@H]1CCOC1OC. The normalized spacial score (nSPS) is 35.3. The summed E-state index contributed by atoms with van der Waals surface area (Å²) >= 11 is 0. The first-order chi connectivity index (χ1) is 4.38. The van der Waals surface area contributed by atoms with Crippen molar-refractivity contribution in [2.75, 3.05) is 13.7 Å². The van der Waals surface area contributed by atoms with Crippen LogP contribution in [0.5, 0.6) is 0 Å². The van der Waals surface area contributed by atoms with Crippen molar-refractivity contribution >= 4 is 0 Å². The molecule has 0 saturated carbocycles. The van der Waals surface area contributed by atoms with Gasteiger partial charge in [-0.1, -0.05) is 0 Å². The second kappa shape index (κ2) is 3.15. The van der Waals surface area contributed by atoms with Crippen molar-refractivity contribution in [2.45, 2.75) is 18.8 Å². The highest BCUT2D eigenvalue weighted by Crippen LogP contribution is 2.12. The number of rotatable bonds is 2. The maximum Gasteiger partial charge on any atom is 0.172 e. The highest BCUT2D eigenvalue weighted by molar-refractivity contribution is 4.75. The lowest BCUT2D eigenvalue weighted by Gasteiger charge is -2.14. The van der Waals surface area contributed by atoms with E-state index in [1.165, 1.54) is 0 Å². The average Bonchev–Trinajstić information content (AvgIpc) is 2.33.